The summed E-state index contributed by atoms with van der Waals surface area (Å²) in [6.45, 7) is 3.15. The van der Waals surface area contributed by atoms with Gasteiger partial charge in [-0.3, -0.25) is 9.04 Å². The first-order valence-corrected chi connectivity index (χ1v) is 15.2. The maximum atomic E-state index is 10.9. The van der Waals surface area contributed by atoms with E-state index in [-0.39, 0.29) is 5.75 Å². The van der Waals surface area contributed by atoms with Gasteiger partial charge < -0.3 is 0 Å². The summed E-state index contributed by atoms with van der Waals surface area (Å²) in [5.74, 6) is -0.145. The maximum absolute atomic E-state index is 10.9. The molecular formula is C28H52NO3S+. The second-order valence-corrected chi connectivity index (χ2v) is 11.9. The number of hydrogen-bond donors (Lipinski definition) is 1. The van der Waals surface area contributed by atoms with Crippen LogP contribution in [0.4, 0.5) is 5.69 Å². The van der Waals surface area contributed by atoms with Gasteiger partial charge in [0.2, 0.25) is 0 Å². The first kappa shape index (κ1) is 30.1. The lowest BCUT2D eigenvalue weighted by Gasteiger charge is -2.31. The molecule has 1 aromatic carbocycles. The van der Waals surface area contributed by atoms with Crippen molar-refractivity contribution in [2.45, 2.75) is 116 Å². The van der Waals surface area contributed by atoms with Gasteiger partial charge in [-0.2, -0.15) is 8.42 Å². The van der Waals surface area contributed by atoms with Crippen LogP contribution in [0.2, 0.25) is 0 Å². The molecule has 0 aliphatic heterocycles. The van der Waals surface area contributed by atoms with Crippen molar-refractivity contribution in [3.8, 4) is 0 Å². The van der Waals surface area contributed by atoms with Crippen molar-refractivity contribution in [1.82, 2.24) is 4.48 Å². The first-order chi connectivity index (χ1) is 15.8. The van der Waals surface area contributed by atoms with E-state index in [2.05, 4.69) is 45.3 Å². The minimum atomic E-state index is -3.85. The predicted molar refractivity (Wildman–Crippen MR) is 145 cm³/mol. The second kappa shape index (κ2) is 17.5. The summed E-state index contributed by atoms with van der Waals surface area (Å²) in [6.07, 6.45) is 21.7. The lowest BCUT2D eigenvalue weighted by atomic mass is 10.0. The minimum absolute atomic E-state index is 0.145. The molecule has 0 unspecified atom stereocenters. The van der Waals surface area contributed by atoms with Crippen LogP contribution in [0, 0.1) is 0 Å². The Kier molecular flexibility index (Phi) is 16.0. The lowest BCUT2D eigenvalue weighted by molar-refractivity contribution is 0.384. The summed E-state index contributed by atoms with van der Waals surface area (Å²) in [7, 11) is 0.530. The van der Waals surface area contributed by atoms with Crippen molar-refractivity contribution in [1.29, 1.82) is 0 Å². The second-order valence-electron chi connectivity index (χ2n) is 10.4. The lowest BCUT2D eigenvalue weighted by Crippen LogP contribution is -2.42. The molecule has 0 saturated heterocycles. The Balaban J connectivity index is 2.18. The fourth-order valence-corrected chi connectivity index (χ4v) is 5.30. The van der Waals surface area contributed by atoms with Crippen molar-refractivity contribution in [3.63, 3.8) is 0 Å². The number of benzene rings is 1. The zero-order chi connectivity index (χ0) is 24.4. The molecule has 5 heteroatoms. The Morgan fingerprint density at radius 2 is 1.18 bits per heavy atom. The van der Waals surface area contributed by atoms with Gasteiger partial charge in [0.15, 0.2) is 0 Å². The van der Waals surface area contributed by atoms with Gasteiger partial charge >= 0.3 is 0 Å². The van der Waals surface area contributed by atoms with Gasteiger partial charge in [-0.15, -0.1) is 0 Å². The van der Waals surface area contributed by atoms with Crippen LogP contribution in [0.3, 0.4) is 0 Å². The van der Waals surface area contributed by atoms with E-state index in [0.29, 0.717) is 6.42 Å². The molecule has 0 aromatic heterocycles. The third kappa shape index (κ3) is 15.6. The monoisotopic (exact) mass is 482 g/mol. The van der Waals surface area contributed by atoms with Crippen molar-refractivity contribution in [3.05, 3.63) is 29.8 Å². The standard InChI is InChI=1S/C28H51NO3S/c1-4-5-6-7-8-9-10-11-12-13-14-15-16-17-22-27-23-18-19-24-28(27)29(2,3)25-20-21-26-33(30,31)32/h18-19,23-24H,4-17,20-22,25-26H2,1-3H3/p+1. The van der Waals surface area contributed by atoms with Crippen molar-refractivity contribution in [2.75, 3.05) is 26.4 Å². The number of nitrogens with zero attached hydrogens (tertiary/aromatic N) is 1. The summed E-state index contributed by atoms with van der Waals surface area (Å²) in [5, 5.41) is 0. The van der Waals surface area contributed by atoms with Gasteiger partial charge in [0.1, 0.15) is 5.69 Å². The van der Waals surface area contributed by atoms with E-state index in [1.165, 1.54) is 101 Å². The molecule has 0 bridgehead atoms. The van der Waals surface area contributed by atoms with Gasteiger partial charge in [0, 0.05) is 5.56 Å². The molecule has 0 heterocycles. The quantitative estimate of drug-likeness (QED) is 0.110. The third-order valence-electron chi connectivity index (χ3n) is 6.81. The molecule has 0 fully saturated rings. The average Bonchev–Trinajstić information content (AvgIpc) is 2.76. The van der Waals surface area contributed by atoms with E-state index < -0.39 is 10.1 Å². The number of hydrogen-bond acceptors (Lipinski definition) is 2. The van der Waals surface area contributed by atoms with Crippen LogP contribution in [0.15, 0.2) is 24.3 Å². The van der Waals surface area contributed by atoms with Crippen molar-refractivity contribution in [2.24, 2.45) is 0 Å². The Morgan fingerprint density at radius 3 is 1.70 bits per heavy atom. The average molecular weight is 483 g/mol. The highest BCUT2D eigenvalue weighted by molar-refractivity contribution is 7.85. The van der Waals surface area contributed by atoms with Crippen molar-refractivity contribution >= 4 is 15.8 Å². The zero-order valence-electron chi connectivity index (χ0n) is 21.9. The van der Waals surface area contributed by atoms with E-state index in [1.54, 1.807) is 0 Å². The molecule has 1 rings (SSSR count). The largest absolute Gasteiger partial charge is 0.296 e. The smallest absolute Gasteiger partial charge is 0.264 e. The fourth-order valence-electron chi connectivity index (χ4n) is 4.73. The molecule has 0 aliphatic carbocycles. The molecule has 1 aromatic rings. The highest BCUT2D eigenvalue weighted by Gasteiger charge is 2.22. The van der Waals surface area contributed by atoms with Crippen LogP contribution in [0.5, 0.6) is 0 Å². The molecule has 0 radical (unpaired) electrons. The van der Waals surface area contributed by atoms with Crippen LogP contribution >= 0.6 is 0 Å². The van der Waals surface area contributed by atoms with Crippen LogP contribution in [-0.4, -0.2) is 39.4 Å². The Labute approximate surface area is 205 Å². The third-order valence-corrected chi connectivity index (χ3v) is 7.62. The Bertz CT molecular complexity index is 716. The molecule has 0 saturated carbocycles. The van der Waals surface area contributed by atoms with Crippen LogP contribution in [0.1, 0.15) is 115 Å². The summed E-state index contributed by atoms with van der Waals surface area (Å²) in [6, 6.07) is 8.68. The van der Waals surface area contributed by atoms with Crippen LogP contribution < -0.4 is 4.48 Å². The van der Waals surface area contributed by atoms with Gasteiger partial charge in [0.05, 0.1) is 26.4 Å². The molecule has 0 amide bonds. The van der Waals surface area contributed by atoms with Gasteiger partial charge in [-0.25, -0.2) is 0 Å². The zero-order valence-corrected chi connectivity index (χ0v) is 22.7. The van der Waals surface area contributed by atoms with Gasteiger partial charge in [-0.05, 0) is 31.7 Å². The molecule has 0 atom stereocenters. The Hall–Kier alpha value is -0.910. The highest BCUT2D eigenvalue weighted by atomic mass is 32.2. The van der Waals surface area contributed by atoms with E-state index >= 15 is 0 Å². The SMILES string of the molecule is CCCCCCCCCCCCCCCCc1ccccc1[N+](C)(C)CCCCS(=O)(=O)O. The number of aryl methyl sites for hydroxylation is 1. The van der Waals surface area contributed by atoms with E-state index in [1.807, 2.05) is 0 Å². The molecule has 0 spiro atoms. The maximum Gasteiger partial charge on any atom is 0.264 e. The Morgan fingerprint density at radius 1 is 0.697 bits per heavy atom. The summed E-state index contributed by atoms with van der Waals surface area (Å²) in [4.78, 5) is 0. The molecular weight excluding hydrogens is 430 g/mol. The first-order valence-electron chi connectivity index (χ1n) is 13.6. The normalized spacial score (nSPS) is 12.4. The summed E-state index contributed by atoms with van der Waals surface area (Å²) < 4.78 is 31.6. The number of unbranched alkanes of at least 4 members (excludes halogenated alkanes) is 14. The number of rotatable bonds is 21. The fraction of sp³-hybridized carbons (Fsp3) is 0.786. The molecule has 33 heavy (non-hydrogen) atoms. The molecule has 0 aliphatic rings. The summed E-state index contributed by atoms with van der Waals surface area (Å²) in [5.41, 5.74) is 2.75. The molecule has 192 valence electrons. The summed E-state index contributed by atoms with van der Waals surface area (Å²) >= 11 is 0. The highest BCUT2D eigenvalue weighted by Crippen LogP contribution is 2.26. The van der Waals surface area contributed by atoms with Crippen molar-refractivity contribution < 1.29 is 13.0 Å². The topological polar surface area (TPSA) is 54.4 Å². The van der Waals surface area contributed by atoms with Crippen LogP contribution in [0.25, 0.3) is 0 Å². The molecule has 4 nitrogen and oxygen atoms in total. The number of para-hydroxylation sites is 1. The van der Waals surface area contributed by atoms with Gasteiger partial charge in [0.25, 0.3) is 10.1 Å². The molecule has 1 N–H and O–H groups in total. The minimum Gasteiger partial charge on any atom is -0.296 e. The van der Waals surface area contributed by atoms with Crippen LogP contribution in [-0.2, 0) is 16.5 Å². The number of quaternary nitrogens is 1. The van der Waals surface area contributed by atoms with E-state index in [4.69, 9.17) is 4.55 Å². The van der Waals surface area contributed by atoms with E-state index in [0.717, 1.165) is 23.9 Å². The predicted octanol–water partition coefficient (Wildman–Crippen LogP) is 7.95. The van der Waals surface area contributed by atoms with Gasteiger partial charge in [-0.1, -0.05) is 109 Å². The van der Waals surface area contributed by atoms with E-state index in [9.17, 15) is 8.42 Å².